The average Bonchev–Trinajstić information content (AvgIpc) is 2.34. The number of rotatable bonds is 6. The van der Waals surface area contributed by atoms with Gasteiger partial charge in [0.2, 0.25) is 5.91 Å². The molecule has 0 spiro atoms. The van der Waals surface area contributed by atoms with Gasteiger partial charge in [-0.1, -0.05) is 0 Å². The fourth-order valence-electron chi connectivity index (χ4n) is 2.09. The second-order valence-electron chi connectivity index (χ2n) is 5.32. The van der Waals surface area contributed by atoms with E-state index in [1.165, 1.54) is 0 Å². The number of carboxylic acid groups (broad SMARTS) is 1. The molecule has 1 atom stereocenters. The Bertz CT molecular complexity index is 364. The number of carbonyl (C=O) groups is 3. The quantitative estimate of drug-likeness (QED) is 0.632. The van der Waals surface area contributed by atoms with E-state index in [4.69, 9.17) is 9.84 Å². The Labute approximate surface area is 118 Å². The first kappa shape index (κ1) is 16.4. The first-order valence-corrected chi connectivity index (χ1v) is 6.83. The zero-order chi connectivity index (χ0) is 15.0. The van der Waals surface area contributed by atoms with Crippen molar-refractivity contribution in [2.75, 3.05) is 13.2 Å². The first-order valence-electron chi connectivity index (χ1n) is 6.83. The molecule has 3 amide bonds. The Morgan fingerprint density at radius 1 is 1.25 bits per heavy atom. The number of amides is 3. The van der Waals surface area contributed by atoms with E-state index >= 15 is 0 Å². The minimum absolute atomic E-state index is 0.0366. The van der Waals surface area contributed by atoms with Gasteiger partial charge in [-0.25, -0.2) is 4.79 Å². The zero-order valence-electron chi connectivity index (χ0n) is 11.7. The number of aliphatic carboxylic acids is 1. The number of ether oxygens (including phenoxy) is 1. The summed E-state index contributed by atoms with van der Waals surface area (Å²) in [6.45, 7) is 3.01. The highest BCUT2D eigenvalue weighted by Gasteiger charge is 2.29. The molecule has 0 radical (unpaired) electrons. The lowest BCUT2D eigenvalue weighted by Gasteiger charge is -2.34. The molecule has 0 aliphatic carbocycles. The van der Waals surface area contributed by atoms with E-state index in [9.17, 15) is 14.4 Å². The summed E-state index contributed by atoms with van der Waals surface area (Å²) in [6.07, 6.45) is 2.75. The number of urea groups is 1. The van der Waals surface area contributed by atoms with E-state index in [1.54, 1.807) is 0 Å². The van der Waals surface area contributed by atoms with E-state index in [2.05, 4.69) is 10.6 Å². The van der Waals surface area contributed by atoms with Crippen LogP contribution in [0.2, 0.25) is 0 Å². The Morgan fingerprint density at radius 2 is 1.95 bits per heavy atom. The third-order valence-electron chi connectivity index (χ3n) is 3.15. The van der Waals surface area contributed by atoms with Crippen molar-refractivity contribution in [3.8, 4) is 0 Å². The third kappa shape index (κ3) is 6.51. The monoisotopic (exact) mass is 286 g/mol. The molecule has 0 aromatic carbocycles. The summed E-state index contributed by atoms with van der Waals surface area (Å²) in [5.74, 6) is -1.28. The van der Waals surface area contributed by atoms with Gasteiger partial charge >= 0.3 is 12.0 Å². The molecule has 1 rings (SSSR count). The summed E-state index contributed by atoms with van der Waals surface area (Å²) >= 11 is 0. The fourth-order valence-corrected chi connectivity index (χ4v) is 2.09. The van der Waals surface area contributed by atoms with Crippen molar-refractivity contribution in [1.29, 1.82) is 0 Å². The van der Waals surface area contributed by atoms with Crippen molar-refractivity contribution in [3.63, 3.8) is 0 Å². The van der Waals surface area contributed by atoms with Crippen molar-refractivity contribution >= 4 is 17.9 Å². The van der Waals surface area contributed by atoms with Crippen LogP contribution in [0.1, 0.15) is 45.4 Å². The van der Waals surface area contributed by atoms with E-state index < -0.39 is 23.4 Å². The van der Waals surface area contributed by atoms with Gasteiger partial charge in [0.15, 0.2) is 0 Å². The Kier molecular flexibility index (Phi) is 6.44. The van der Waals surface area contributed by atoms with Crippen molar-refractivity contribution in [3.05, 3.63) is 0 Å². The fraction of sp³-hybridized carbons (Fsp3) is 0.769. The normalized spacial score (nSPS) is 22.1. The SMILES string of the molecule is CC1(NC(=O)NC(=O)CCCCC(=O)O)CCCOC1. The smallest absolute Gasteiger partial charge is 0.321 e. The number of imide groups is 1. The molecule has 0 aromatic rings. The molecule has 1 saturated heterocycles. The van der Waals surface area contributed by atoms with Gasteiger partial charge in [0.25, 0.3) is 0 Å². The van der Waals surface area contributed by atoms with Crippen LogP contribution >= 0.6 is 0 Å². The Morgan fingerprint density at radius 3 is 2.55 bits per heavy atom. The van der Waals surface area contributed by atoms with Crippen molar-refractivity contribution in [2.45, 2.75) is 51.0 Å². The van der Waals surface area contributed by atoms with Crippen LogP contribution in [-0.2, 0) is 14.3 Å². The maximum Gasteiger partial charge on any atom is 0.321 e. The molecule has 0 saturated carbocycles. The van der Waals surface area contributed by atoms with Crippen LogP contribution in [0.3, 0.4) is 0 Å². The van der Waals surface area contributed by atoms with Gasteiger partial charge in [-0.15, -0.1) is 0 Å². The molecule has 114 valence electrons. The Hall–Kier alpha value is -1.63. The molecule has 1 heterocycles. The van der Waals surface area contributed by atoms with Crippen LogP contribution in [0.25, 0.3) is 0 Å². The molecule has 1 aliphatic rings. The van der Waals surface area contributed by atoms with Gasteiger partial charge in [0.1, 0.15) is 0 Å². The van der Waals surface area contributed by atoms with Crippen LogP contribution < -0.4 is 10.6 Å². The molecular formula is C13H22N2O5. The standard InChI is InChI=1S/C13H22N2O5/c1-13(7-4-8-20-9-13)15-12(19)14-10(16)5-2-3-6-11(17)18/h2-9H2,1H3,(H,17,18)(H2,14,15,16,19). The molecule has 7 heteroatoms. The van der Waals surface area contributed by atoms with Crippen LogP contribution in [-0.4, -0.2) is 41.8 Å². The molecular weight excluding hydrogens is 264 g/mol. The predicted octanol–water partition coefficient (Wildman–Crippen LogP) is 1.03. The second kappa shape index (κ2) is 7.84. The molecule has 1 fully saturated rings. The minimum atomic E-state index is -0.881. The summed E-state index contributed by atoms with van der Waals surface area (Å²) in [6, 6.07) is -0.527. The molecule has 0 aromatic heterocycles. The number of nitrogens with one attached hydrogen (secondary N) is 2. The molecule has 7 nitrogen and oxygen atoms in total. The topological polar surface area (TPSA) is 105 Å². The maximum atomic E-state index is 11.7. The lowest BCUT2D eigenvalue weighted by Crippen LogP contribution is -2.55. The number of unbranched alkanes of at least 4 members (excludes halogenated alkanes) is 1. The van der Waals surface area contributed by atoms with E-state index in [1.807, 2.05) is 6.92 Å². The number of hydrogen-bond acceptors (Lipinski definition) is 4. The van der Waals surface area contributed by atoms with Crippen LogP contribution in [0, 0.1) is 0 Å². The summed E-state index contributed by atoms with van der Waals surface area (Å²) in [7, 11) is 0. The summed E-state index contributed by atoms with van der Waals surface area (Å²) in [4.78, 5) is 33.5. The van der Waals surface area contributed by atoms with Crippen molar-refractivity contribution < 1.29 is 24.2 Å². The zero-order valence-corrected chi connectivity index (χ0v) is 11.7. The molecule has 0 bridgehead atoms. The lowest BCUT2D eigenvalue weighted by atomic mass is 9.95. The average molecular weight is 286 g/mol. The van der Waals surface area contributed by atoms with Crippen LogP contribution in [0.5, 0.6) is 0 Å². The molecule has 1 aliphatic heterocycles. The third-order valence-corrected chi connectivity index (χ3v) is 3.15. The van der Waals surface area contributed by atoms with Crippen molar-refractivity contribution in [2.24, 2.45) is 0 Å². The van der Waals surface area contributed by atoms with Gasteiger partial charge in [0.05, 0.1) is 12.1 Å². The van der Waals surface area contributed by atoms with Gasteiger partial charge in [-0.05, 0) is 32.6 Å². The highest BCUT2D eigenvalue weighted by molar-refractivity contribution is 5.94. The van der Waals surface area contributed by atoms with Gasteiger partial charge in [0, 0.05) is 19.4 Å². The summed E-state index contributed by atoms with van der Waals surface area (Å²) in [5, 5.41) is 13.5. The number of carboxylic acids is 1. The number of carbonyl (C=O) groups excluding carboxylic acids is 2. The number of hydrogen-bond donors (Lipinski definition) is 3. The van der Waals surface area contributed by atoms with E-state index in [0.717, 1.165) is 12.8 Å². The van der Waals surface area contributed by atoms with Crippen LogP contribution in [0.4, 0.5) is 4.79 Å². The minimum Gasteiger partial charge on any atom is -0.481 e. The van der Waals surface area contributed by atoms with Gasteiger partial charge in [-0.3, -0.25) is 14.9 Å². The lowest BCUT2D eigenvalue weighted by molar-refractivity contribution is -0.137. The summed E-state index contributed by atoms with van der Waals surface area (Å²) in [5.41, 5.74) is -0.439. The molecule has 3 N–H and O–H groups in total. The highest BCUT2D eigenvalue weighted by Crippen LogP contribution is 2.17. The van der Waals surface area contributed by atoms with E-state index in [-0.39, 0.29) is 12.8 Å². The van der Waals surface area contributed by atoms with Crippen molar-refractivity contribution in [1.82, 2.24) is 10.6 Å². The maximum absolute atomic E-state index is 11.7. The second-order valence-corrected chi connectivity index (χ2v) is 5.32. The van der Waals surface area contributed by atoms with Gasteiger partial charge in [-0.2, -0.15) is 0 Å². The van der Waals surface area contributed by atoms with Crippen LogP contribution in [0.15, 0.2) is 0 Å². The molecule has 20 heavy (non-hydrogen) atoms. The predicted molar refractivity (Wildman–Crippen MR) is 71.2 cm³/mol. The Balaban J connectivity index is 2.20. The summed E-state index contributed by atoms with van der Waals surface area (Å²) < 4.78 is 5.31. The highest BCUT2D eigenvalue weighted by atomic mass is 16.5. The largest absolute Gasteiger partial charge is 0.481 e. The molecule has 1 unspecified atom stereocenters. The van der Waals surface area contributed by atoms with E-state index in [0.29, 0.717) is 26.1 Å². The first-order chi connectivity index (χ1) is 9.41. The van der Waals surface area contributed by atoms with Gasteiger partial charge < -0.3 is 15.2 Å².